The first kappa shape index (κ1) is 17.0. The Kier molecular flexibility index (Phi) is 4.79. The molecule has 1 aromatic carbocycles. The summed E-state index contributed by atoms with van der Waals surface area (Å²) in [5.74, 6) is -1.23. The van der Waals surface area contributed by atoms with Gasteiger partial charge < -0.3 is 9.73 Å². The number of carbonyl (C=O) groups is 3. The molecule has 2 aromatic heterocycles. The second-order valence-corrected chi connectivity index (χ2v) is 5.17. The highest BCUT2D eigenvalue weighted by Crippen LogP contribution is 2.14. The molecule has 2 amide bonds. The van der Waals surface area contributed by atoms with E-state index in [4.69, 9.17) is 4.42 Å². The minimum Gasteiger partial charge on any atom is -0.431 e. The van der Waals surface area contributed by atoms with Crippen LogP contribution in [0, 0.1) is 0 Å². The SMILES string of the molecule is CC(=O)c1cccc(NC(=O)c2coc(NC(=O)c3cnccn3)n2)c1. The molecule has 0 saturated heterocycles. The van der Waals surface area contributed by atoms with E-state index in [1.165, 1.54) is 25.5 Å². The Bertz CT molecular complexity index is 968. The average molecular weight is 351 g/mol. The Labute approximate surface area is 147 Å². The summed E-state index contributed by atoms with van der Waals surface area (Å²) in [6.07, 6.45) is 5.20. The lowest BCUT2D eigenvalue weighted by Crippen LogP contribution is -2.15. The van der Waals surface area contributed by atoms with Crippen molar-refractivity contribution in [3.63, 3.8) is 0 Å². The number of nitrogens with zero attached hydrogens (tertiary/aromatic N) is 3. The fourth-order valence-electron chi connectivity index (χ4n) is 2.02. The van der Waals surface area contributed by atoms with Crippen molar-refractivity contribution in [1.29, 1.82) is 0 Å². The van der Waals surface area contributed by atoms with E-state index in [0.29, 0.717) is 11.3 Å². The molecule has 0 fully saturated rings. The van der Waals surface area contributed by atoms with Crippen molar-refractivity contribution in [2.75, 3.05) is 10.6 Å². The molecule has 26 heavy (non-hydrogen) atoms. The van der Waals surface area contributed by atoms with Gasteiger partial charge in [-0.15, -0.1) is 0 Å². The molecular formula is C17H13N5O4. The molecule has 0 aliphatic carbocycles. The normalized spacial score (nSPS) is 10.2. The van der Waals surface area contributed by atoms with Crippen LogP contribution in [-0.2, 0) is 0 Å². The minimum absolute atomic E-state index is 0.0346. The molecular weight excluding hydrogens is 338 g/mol. The number of carbonyl (C=O) groups excluding carboxylic acids is 3. The number of hydrogen-bond acceptors (Lipinski definition) is 7. The molecule has 9 heteroatoms. The molecule has 0 bridgehead atoms. The molecule has 0 aliphatic heterocycles. The number of ketones is 1. The zero-order valence-electron chi connectivity index (χ0n) is 13.6. The van der Waals surface area contributed by atoms with Crippen molar-refractivity contribution in [1.82, 2.24) is 15.0 Å². The molecule has 0 spiro atoms. The number of hydrogen-bond donors (Lipinski definition) is 2. The first-order valence-electron chi connectivity index (χ1n) is 7.48. The molecule has 0 unspecified atom stereocenters. The quantitative estimate of drug-likeness (QED) is 0.674. The van der Waals surface area contributed by atoms with Crippen LogP contribution in [-0.4, -0.2) is 32.5 Å². The van der Waals surface area contributed by atoms with E-state index in [9.17, 15) is 14.4 Å². The summed E-state index contributed by atoms with van der Waals surface area (Å²) in [4.78, 5) is 47.1. The van der Waals surface area contributed by atoms with Crippen LogP contribution >= 0.6 is 0 Å². The molecule has 2 N–H and O–H groups in total. The predicted molar refractivity (Wildman–Crippen MR) is 90.9 cm³/mol. The monoisotopic (exact) mass is 351 g/mol. The third-order valence-electron chi connectivity index (χ3n) is 3.28. The van der Waals surface area contributed by atoms with E-state index in [-0.39, 0.29) is 23.2 Å². The molecule has 0 radical (unpaired) electrons. The summed E-state index contributed by atoms with van der Waals surface area (Å²) in [5.41, 5.74) is 0.959. The maximum Gasteiger partial charge on any atom is 0.302 e. The third-order valence-corrected chi connectivity index (χ3v) is 3.28. The lowest BCUT2D eigenvalue weighted by Gasteiger charge is -2.04. The van der Waals surface area contributed by atoms with Crippen LogP contribution in [0.2, 0.25) is 0 Å². The molecule has 2 heterocycles. The van der Waals surface area contributed by atoms with E-state index in [1.54, 1.807) is 24.3 Å². The van der Waals surface area contributed by atoms with Gasteiger partial charge >= 0.3 is 6.01 Å². The zero-order chi connectivity index (χ0) is 18.5. The van der Waals surface area contributed by atoms with E-state index < -0.39 is 11.8 Å². The highest BCUT2D eigenvalue weighted by molar-refractivity contribution is 6.05. The molecule has 0 aliphatic rings. The van der Waals surface area contributed by atoms with Gasteiger partial charge in [-0.2, -0.15) is 4.98 Å². The van der Waals surface area contributed by atoms with Crippen LogP contribution in [0.3, 0.4) is 0 Å². The summed E-state index contributed by atoms with van der Waals surface area (Å²) in [7, 11) is 0. The van der Waals surface area contributed by atoms with Gasteiger partial charge in [0.25, 0.3) is 11.8 Å². The lowest BCUT2D eigenvalue weighted by molar-refractivity contribution is 0.100. The van der Waals surface area contributed by atoms with Crippen molar-refractivity contribution in [2.45, 2.75) is 6.92 Å². The number of nitrogens with one attached hydrogen (secondary N) is 2. The van der Waals surface area contributed by atoms with Crippen LogP contribution in [0.15, 0.2) is 53.5 Å². The van der Waals surface area contributed by atoms with Gasteiger partial charge in [-0.1, -0.05) is 12.1 Å². The largest absolute Gasteiger partial charge is 0.431 e. The molecule has 0 atom stereocenters. The van der Waals surface area contributed by atoms with E-state index in [1.807, 2.05) is 0 Å². The zero-order valence-corrected chi connectivity index (χ0v) is 13.6. The number of Topliss-reactive ketones (excluding diaryl/α,β-unsaturated/α-hetero) is 1. The summed E-state index contributed by atoms with van der Waals surface area (Å²) < 4.78 is 5.07. The van der Waals surface area contributed by atoms with E-state index in [0.717, 1.165) is 6.26 Å². The van der Waals surface area contributed by atoms with Gasteiger partial charge in [0.1, 0.15) is 12.0 Å². The van der Waals surface area contributed by atoms with Gasteiger partial charge in [-0.05, 0) is 19.1 Å². The summed E-state index contributed by atoms with van der Waals surface area (Å²) >= 11 is 0. The minimum atomic E-state index is -0.568. The van der Waals surface area contributed by atoms with Crippen LogP contribution in [0.4, 0.5) is 11.7 Å². The number of rotatable bonds is 5. The first-order chi connectivity index (χ1) is 12.5. The third kappa shape index (κ3) is 3.96. The number of amides is 2. The smallest absolute Gasteiger partial charge is 0.302 e. The Morgan fingerprint density at radius 2 is 1.85 bits per heavy atom. The first-order valence-corrected chi connectivity index (χ1v) is 7.48. The van der Waals surface area contributed by atoms with Gasteiger partial charge in [0.05, 0.1) is 6.20 Å². The van der Waals surface area contributed by atoms with Crippen LogP contribution in [0.25, 0.3) is 0 Å². The van der Waals surface area contributed by atoms with Gasteiger partial charge in [-0.3, -0.25) is 24.7 Å². The molecule has 130 valence electrons. The lowest BCUT2D eigenvalue weighted by atomic mass is 10.1. The highest BCUT2D eigenvalue weighted by Gasteiger charge is 2.16. The van der Waals surface area contributed by atoms with Crippen molar-refractivity contribution in [3.05, 3.63) is 66.1 Å². The van der Waals surface area contributed by atoms with Crippen molar-refractivity contribution in [3.8, 4) is 0 Å². The van der Waals surface area contributed by atoms with E-state index in [2.05, 4.69) is 25.6 Å². The fourth-order valence-corrected chi connectivity index (χ4v) is 2.02. The summed E-state index contributed by atoms with van der Waals surface area (Å²) in [5, 5.41) is 4.98. The number of anilines is 2. The van der Waals surface area contributed by atoms with Crippen LogP contribution in [0.5, 0.6) is 0 Å². The van der Waals surface area contributed by atoms with E-state index >= 15 is 0 Å². The average Bonchev–Trinajstić information content (AvgIpc) is 3.11. The van der Waals surface area contributed by atoms with Gasteiger partial charge in [0.15, 0.2) is 11.5 Å². The summed E-state index contributed by atoms with van der Waals surface area (Å²) in [6.45, 7) is 1.44. The molecule has 9 nitrogen and oxygen atoms in total. The predicted octanol–water partition coefficient (Wildman–Crippen LogP) is 2.17. The molecule has 3 aromatic rings. The van der Waals surface area contributed by atoms with Crippen LogP contribution < -0.4 is 10.6 Å². The Morgan fingerprint density at radius 1 is 1.04 bits per heavy atom. The van der Waals surface area contributed by atoms with Gasteiger partial charge in [0, 0.05) is 23.6 Å². The fraction of sp³-hybridized carbons (Fsp3) is 0.0588. The Hall–Kier alpha value is -3.88. The Balaban J connectivity index is 1.67. The van der Waals surface area contributed by atoms with Crippen molar-refractivity contribution >= 4 is 29.3 Å². The maximum atomic E-state index is 12.2. The Morgan fingerprint density at radius 3 is 2.58 bits per heavy atom. The van der Waals surface area contributed by atoms with Crippen molar-refractivity contribution in [2.24, 2.45) is 0 Å². The molecule has 0 saturated carbocycles. The second-order valence-electron chi connectivity index (χ2n) is 5.17. The molecule has 3 rings (SSSR count). The second kappa shape index (κ2) is 7.34. The maximum absolute atomic E-state index is 12.2. The van der Waals surface area contributed by atoms with Crippen molar-refractivity contribution < 1.29 is 18.8 Å². The summed E-state index contributed by atoms with van der Waals surface area (Å²) in [6, 6.07) is 6.34. The standard InChI is InChI=1S/C17H13N5O4/c1-10(23)11-3-2-4-12(7-11)20-16(25)14-9-26-17(21-14)22-15(24)13-8-18-5-6-19-13/h2-9H,1H3,(H,20,25)(H,21,22,24). The highest BCUT2D eigenvalue weighted by atomic mass is 16.4. The van der Waals surface area contributed by atoms with Gasteiger partial charge in [-0.25, -0.2) is 4.98 Å². The topological polar surface area (TPSA) is 127 Å². The number of benzene rings is 1. The van der Waals surface area contributed by atoms with Crippen LogP contribution in [0.1, 0.15) is 38.3 Å². The number of oxazole rings is 1. The number of aromatic nitrogens is 3. The van der Waals surface area contributed by atoms with Gasteiger partial charge in [0.2, 0.25) is 0 Å².